The molecule has 21 heavy (non-hydrogen) atoms. The van der Waals surface area contributed by atoms with Crippen LogP contribution in [0.25, 0.3) is 0 Å². The van der Waals surface area contributed by atoms with Crippen LogP contribution in [0.1, 0.15) is 37.2 Å². The highest BCUT2D eigenvalue weighted by Gasteiger charge is 2.46. The van der Waals surface area contributed by atoms with Gasteiger partial charge in [0.2, 0.25) is 5.91 Å². The summed E-state index contributed by atoms with van der Waals surface area (Å²) in [6.07, 6.45) is 2.00. The molecule has 1 aromatic rings. The summed E-state index contributed by atoms with van der Waals surface area (Å²) in [5.41, 5.74) is 2.35. The molecule has 0 aromatic carbocycles. The molecule has 0 unspecified atom stereocenters. The Morgan fingerprint density at radius 1 is 1.24 bits per heavy atom. The Hall–Kier alpha value is -1.43. The molecule has 3 heterocycles. The van der Waals surface area contributed by atoms with Gasteiger partial charge in [0, 0.05) is 42.9 Å². The SMILES string of the molecule is CC(C)C(=O)N1CC[C@]2(CCN(C(=O)c3cscn3)C2)C1. The third kappa shape index (κ3) is 2.69. The lowest BCUT2D eigenvalue weighted by Gasteiger charge is -2.25. The maximum absolute atomic E-state index is 12.4. The highest BCUT2D eigenvalue weighted by Crippen LogP contribution is 2.40. The van der Waals surface area contributed by atoms with Crippen molar-refractivity contribution < 1.29 is 9.59 Å². The number of aromatic nitrogens is 1. The Kier molecular flexibility index (Phi) is 3.73. The number of carbonyl (C=O) groups is 2. The first-order valence-electron chi connectivity index (χ1n) is 7.47. The van der Waals surface area contributed by atoms with Crippen LogP contribution in [-0.4, -0.2) is 52.8 Å². The van der Waals surface area contributed by atoms with Crippen molar-refractivity contribution in [1.29, 1.82) is 0 Å². The van der Waals surface area contributed by atoms with Gasteiger partial charge in [-0.1, -0.05) is 13.8 Å². The molecule has 3 rings (SSSR count). The fraction of sp³-hybridized carbons (Fsp3) is 0.667. The summed E-state index contributed by atoms with van der Waals surface area (Å²) in [7, 11) is 0. The lowest BCUT2D eigenvalue weighted by atomic mass is 9.86. The van der Waals surface area contributed by atoms with E-state index in [9.17, 15) is 9.59 Å². The molecule has 0 radical (unpaired) electrons. The number of nitrogens with zero attached hydrogens (tertiary/aromatic N) is 3. The van der Waals surface area contributed by atoms with Gasteiger partial charge in [0.1, 0.15) is 5.69 Å². The van der Waals surface area contributed by atoms with Crippen molar-refractivity contribution in [2.24, 2.45) is 11.3 Å². The number of carbonyl (C=O) groups excluding carboxylic acids is 2. The molecule has 0 bridgehead atoms. The highest BCUT2D eigenvalue weighted by molar-refractivity contribution is 7.07. The molecule has 1 spiro atoms. The fourth-order valence-electron chi connectivity index (χ4n) is 3.41. The first kappa shape index (κ1) is 14.5. The maximum atomic E-state index is 12.4. The van der Waals surface area contributed by atoms with E-state index in [4.69, 9.17) is 0 Å². The monoisotopic (exact) mass is 307 g/mol. The van der Waals surface area contributed by atoms with E-state index in [0.717, 1.165) is 39.0 Å². The van der Waals surface area contributed by atoms with Gasteiger partial charge in [0.05, 0.1) is 5.51 Å². The van der Waals surface area contributed by atoms with Crippen LogP contribution < -0.4 is 0 Å². The van der Waals surface area contributed by atoms with Crippen molar-refractivity contribution in [1.82, 2.24) is 14.8 Å². The quantitative estimate of drug-likeness (QED) is 0.838. The Morgan fingerprint density at radius 2 is 1.90 bits per heavy atom. The maximum Gasteiger partial charge on any atom is 0.273 e. The Bertz CT molecular complexity index is 543. The van der Waals surface area contributed by atoms with Gasteiger partial charge in [-0.05, 0) is 12.8 Å². The van der Waals surface area contributed by atoms with Gasteiger partial charge in [-0.25, -0.2) is 4.98 Å². The normalized spacial score (nSPS) is 25.3. The summed E-state index contributed by atoms with van der Waals surface area (Å²) in [4.78, 5) is 32.5. The lowest BCUT2D eigenvalue weighted by molar-refractivity contribution is -0.133. The summed E-state index contributed by atoms with van der Waals surface area (Å²) in [5, 5.41) is 1.80. The third-order valence-electron chi connectivity index (χ3n) is 4.62. The van der Waals surface area contributed by atoms with Crippen LogP contribution in [0.15, 0.2) is 10.9 Å². The molecular weight excluding hydrogens is 286 g/mol. The minimum atomic E-state index is 0.0294. The molecule has 2 fully saturated rings. The first-order valence-corrected chi connectivity index (χ1v) is 8.41. The highest BCUT2D eigenvalue weighted by atomic mass is 32.1. The second-order valence-electron chi connectivity index (χ2n) is 6.51. The van der Waals surface area contributed by atoms with E-state index in [1.54, 1.807) is 10.9 Å². The second kappa shape index (κ2) is 5.40. The van der Waals surface area contributed by atoms with Crippen molar-refractivity contribution in [2.75, 3.05) is 26.2 Å². The number of rotatable bonds is 2. The Morgan fingerprint density at radius 3 is 2.52 bits per heavy atom. The summed E-state index contributed by atoms with van der Waals surface area (Å²) in [5.74, 6) is 0.312. The average molecular weight is 307 g/mol. The molecule has 1 aromatic heterocycles. The van der Waals surface area contributed by atoms with Gasteiger partial charge in [0.25, 0.3) is 5.91 Å². The van der Waals surface area contributed by atoms with Crippen molar-refractivity contribution >= 4 is 23.2 Å². The van der Waals surface area contributed by atoms with Crippen LogP contribution in [0, 0.1) is 11.3 Å². The van der Waals surface area contributed by atoms with Gasteiger partial charge in [-0.3, -0.25) is 9.59 Å². The second-order valence-corrected chi connectivity index (χ2v) is 7.23. The van der Waals surface area contributed by atoms with Crippen LogP contribution in [0.5, 0.6) is 0 Å². The zero-order chi connectivity index (χ0) is 15.0. The van der Waals surface area contributed by atoms with Crippen LogP contribution in [-0.2, 0) is 4.79 Å². The van der Waals surface area contributed by atoms with Gasteiger partial charge >= 0.3 is 0 Å². The van der Waals surface area contributed by atoms with E-state index < -0.39 is 0 Å². The van der Waals surface area contributed by atoms with E-state index in [1.165, 1.54) is 11.3 Å². The molecule has 2 saturated heterocycles. The minimum Gasteiger partial charge on any atom is -0.342 e. The van der Waals surface area contributed by atoms with Gasteiger partial charge in [-0.2, -0.15) is 0 Å². The van der Waals surface area contributed by atoms with Gasteiger partial charge < -0.3 is 9.80 Å². The van der Waals surface area contributed by atoms with E-state index in [0.29, 0.717) is 5.69 Å². The molecule has 0 N–H and O–H groups in total. The van der Waals surface area contributed by atoms with Crippen LogP contribution in [0.3, 0.4) is 0 Å². The fourth-order valence-corrected chi connectivity index (χ4v) is 3.94. The Labute approximate surface area is 129 Å². The largest absolute Gasteiger partial charge is 0.342 e. The van der Waals surface area contributed by atoms with E-state index in [2.05, 4.69) is 4.98 Å². The molecule has 2 amide bonds. The lowest BCUT2D eigenvalue weighted by Crippen LogP contribution is -2.37. The minimum absolute atomic E-state index is 0.0294. The molecule has 1 atom stereocenters. The smallest absolute Gasteiger partial charge is 0.273 e. The third-order valence-corrected chi connectivity index (χ3v) is 5.21. The van der Waals surface area contributed by atoms with Crippen molar-refractivity contribution in [3.05, 3.63) is 16.6 Å². The van der Waals surface area contributed by atoms with Crippen molar-refractivity contribution in [2.45, 2.75) is 26.7 Å². The molecular formula is C15H21N3O2S. The van der Waals surface area contributed by atoms with Crippen LogP contribution in [0.2, 0.25) is 0 Å². The molecule has 0 aliphatic carbocycles. The Balaban J connectivity index is 1.65. The van der Waals surface area contributed by atoms with E-state index in [-0.39, 0.29) is 23.1 Å². The number of amides is 2. The number of likely N-dealkylation sites (tertiary alicyclic amines) is 2. The summed E-state index contributed by atoms with van der Waals surface area (Å²) < 4.78 is 0. The van der Waals surface area contributed by atoms with E-state index >= 15 is 0 Å². The molecule has 0 saturated carbocycles. The predicted molar refractivity (Wildman–Crippen MR) is 81.1 cm³/mol. The summed E-state index contributed by atoms with van der Waals surface area (Å²) in [6, 6.07) is 0. The average Bonchev–Trinajstić information content (AvgIpc) is 3.19. The standard InChI is InChI=1S/C15H21N3O2S/c1-11(2)13(19)17-5-3-15(8-17)4-6-18(9-15)14(20)12-7-21-10-16-12/h7,10-11H,3-6,8-9H2,1-2H3/t15-/m0/s1. The number of hydrogen-bond acceptors (Lipinski definition) is 4. The zero-order valence-corrected chi connectivity index (χ0v) is 13.4. The molecule has 2 aliphatic rings. The van der Waals surface area contributed by atoms with E-state index in [1.807, 2.05) is 23.6 Å². The van der Waals surface area contributed by atoms with Crippen LogP contribution in [0.4, 0.5) is 0 Å². The van der Waals surface area contributed by atoms with Gasteiger partial charge in [-0.15, -0.1) is 11.3 Å². The number of thiazole rings is 1. The van der Waals surface area contributed by atoms with Crippen molar-refractivity contribution in [3.63, 3.8) is 0 Å². The van der Waals surface area contributed by atoms with Crippen LogP contribution >= 0.6 is 11.3 Å². The summed E-state index contributed by atoms with van der Waals surface area (Å²) in [6.45, 7) is 7.05. The van der Waals surface area contributed by atoms with Gasteiger partial charge in [0.15, 0.2) is 0 Å². The molecule has 5 nitrogen and oxygen atoms in total. The zero-order valence-electron chi connectivity index (χ0n) is 12.5. The molecule has 114 valence electrons. The topological polar surface area (TPSA) is 53.5 Å². The van der Waals surface area contributed by atoms with Crippen molar-refractivity contribution in [3.8, 4) is 0 Å². The predicted octanol–water partition coefficient (Wildman–Crippen LogP) is 1.86. The molecule has 2 aliphatic heterocycles. The summed E-state index contributed by atoms with van der Waals surface area (Å²) >= 11 is 1.45. The first-order chi connectivity index (χ1) is 10.0. The number of hydrogen-bond donors (Lipinski definition) is 0. The molecule has 6 heteroatoms.